The number of hydrogen-bond donors (Lipinski definition) is 1. The van der Waals surface area contributed by atoms with E-state index in [9.17, 15) is 4.79 Å². The fraction of sp³-hybridized carbons (Fsp3) is 0.0455. The third-order valence-electron chi connectivity index (χ3n) is 4.25. The fourth-order valence-corrected chi connectivity index (χ4v) is 3.00. The first-order valence-electron chi connectivity index (χ1n) is 8.62. The van der Waals surface area contributed by atoms with Crippen molar-refractivity contribution in [1.29, 1.82) is 0 Å². The van der Waals surface area contributed by atoms with Crippen molar-refractivity contribution in [2.75, 3.05) is 12.4 Å². The summed E-state index contributed by atoms with van der Waals surface area (Å²) in [5.74, 6) is 0.845. The van der Waals surface area contributed by atoms with Gasteiger partial charge in [-0.05, 0) is 54.6 Å². The van der Waals surface area contributed by atoms with Crippen LogP contribution in [-0.2, 0) is 4.74 Å². The number of ether oxygens (including phenoxy) is 1. The van der Waals surface area contributed by atoms with Crippen molar-refractivity contribution >= 4 is 40.0 Å². The highest BCUT2D eigenvalue weighted by molar-refractivity contribution is 6.30. The molecule has 0 spiro atoms. The van der Waals surface area contributed by atoms with Crippen molar-refractivity contribution in [2.24, 2.45) is 0 Å². The molecular formula is C22H16ClN3O2. The second kappa shape index (κ2) is 7.66. The molecular weight excluding hydrogens is 374 g/mol. The molecule has 0 aliphatic carbocycles. The van der Waals surface area contributed by atoms with Gasteiger partial charge in [-0.1, -0.05) is 29.8 Å². The quantitative estimate of drug-likeness (QED) is 0.468. The van der Waals surface area contributed by atoms with Crippen molar-refractivity contribution in [1.82, 2.24) is 9.97 Å². The first-order valence-corrected chi connectivity index (χ1v) is 9.00. The third kappa shape index (κ3) is 3.66. The number of rotatable bonds is 4. The minimum atomic E-state index is -0.391. The molecule has 1 heterocycles. The Hall–Kier alpha value is -3.44. The van der Waals surface area contributed by atoms with Crippen molar-refractivity contribution < 1.29 is 9.53 Å². The third-order valence-corrected chi connectivity index (χ3v) is 4.50. The number of nitrogens with zero attached hydrogens (tertiary/aromatic N) is 2. The van der Waals surface area contributed by atoms with E-state index in [1.807, 2.05) is 54.6 Å². The van der Waals surface area contributed by atoms with Gasteiger partial charge in [0.25, 0.3) is 0 Å². The summed E-state index contributed by atoms with van der Waals surface area (Å²) in [4.78, 5) is 21.2. The van der Waals surface area contributed by atoms with Gasteiger partial charge in [0.1, 0.15) is 5.82 Å². The number of benzene rings is 3. The van der Waals surface area contributed by atoms with Crippen LogP contribution < -0.4 is 5.32 Å². The van der Waals surface area contributed by atoms with Gasteiger partial charge >= 0.3 is 5.97 Å². The number of esters is 1. The first-order chi connectivity index (χ1) is 13.6. The molecule has 0 aliphatic heterocycles. The standard InChI is InChI=1S/C22H16ClN3O2/c1-28-22(27)15-5-4-6-17(13-15)24-21-18-7-2-3-8-19(18)25-20(26-21)14-9-11-16(23)12-10-14/h2-13H,1H3,(H,24,25,26). The molecule has 3 aromatic carbocycles. The minimum absolute atomic E-state index is 0.391. The Balaban J connectivity index is 1.79. The molecule has 0 aliphatic rings. The van der Waals surface area contributed by atoms with Crippen LogP contribution in [-0.4, -0.2) is 23.0 Å². The number of carbonyl (C=O) groups is 1. The van der Waals surface area contributed by atoms with Gasteiger partial charge in [0.05, 0.1) is 18.2 Å². The predicted molar refractivity (Wildman–Crippen MR) is 111 cm³/mol. The number of halogens is 1. The van der Waals surface area contributed by atoms with Gasteiger partial charge in [0.2, 0.25) is 0 Å². The zero-order valence-electron chi connectivity index (χ0n) is 15.0. The largest absolute Gasteiger partial charge is 0.465 e. The molecule has 4 aromatic rings. The van der Waals surface area contributed by atoms with Crippen LogP contribution in [0.5, 0.6) is 0 Å². The highest BCUT2D eigenvalue weighted by Crippen LogP contribution is 2.28. The molecule has 4 rings (SSSR count). The highest BCUT2D eigenvalue weighted by atomic mass is 35.5. The molecule has 28 heavy (non-hydrogen) atoms. The summed E-state index contributed by atoms with van der Waals surface area (Å²) in [5.41, 5.74) is 2.87. The Morgan fingerprint density at radius 3 is 2.54 bits per heavy atom. The van der Waals surface area contributed by atoms with Gasteiger partial charge in [-0.2, -0.15) is 0 Å². The van der Waals surface area contributed by atoms with E-state index in [1.165, 1.54) is 7.11 Å². The Bertz CT molecular complexity index is 1160. The molecule has 6 heteroatoms. The maximum absolute atomic E-state index is 11.8. The number of hydrogen-bond acceptors (Lipinski definition) is 5. The molecule has 0 bridgehead atoms. The molecule has 0 atom stereocenters. The molecule has 0 saturated carbocycles. The molecule has 0 radical (unpaired) electrons. The second-order valence-electron chi connectivity index (χ2n) is 6.12. The summed E-state index contributed by atoms with van der Waals surface area (Å²) in [6, 6.07) is 22.2. The molecule has 1 N–H and O–H groups in total. The predicted octanol–water partition coefficient (Wildman–Crippen LogP) is 5.48. The number of fused-ring (bicyclic) bond motifs is 1. The average molecular weight is 390 g/mol. The summed E-state index contributed by atoms with van der Waals surface area (Å²) in [6.07, 6.45) is 0. The average Bonchev–Trinajstić information content (AvgIpc) is 2.74. The van der Waals surface area contributed by atoms with Gasteiger partial charge in [-0.25, -0.2) is 14.8 Å². The Morgan fingerprint density at radius 1 is 0.964 bits per heavy atom. The number of para-hydroxylation sites is 1. The van der Waals surface area contributed by atoms with Crippen molar-refractivity contribution in [3.63, 3.8) is 0 Å². The topological polar surface area (TPSA) is 64.1 Å². The van der Waals surface area contributed by atoms with Crippen LogP contribution in [0.25, 0.3) is 22.3 Å². The van der Waals surface area contributed by atoms with E-state index in [0.717, 1.165) is 22.2 Å². The zero-order valence-corrected chi connectivity index (χ0v) is 15.8. The van der Waals surface area contributed by atoms with Crippen LogP contribution in [0, 0.1) is 0 Å². The van der Waals surface area contributed by atoms with Crippen LogP contribution in [0.4, 0.5) is 11.5 Å². The SMILES string of the molecule is COC(=O)c1cccc(Nc2nc(-c3ccc(Cl)cc3)nc3ccccc23)c1. The monoisotopic (exact) mass is 389 g/mol. The van der Waals surface area contributed by atoms with Crippen LogP contribution in [0.2, 0.25) is 5.02 Å². The number of aromatic nitrogens is 2. The van der Waals surface area contributed by atoms with E-state index < -0.39 is 5.97 Å². The minimum Gasteiger partial charge on any atom is -0.465 e. The van der Waals surface area contributed by atoms with E-state index in [1.54, 1.807) is 18.2 Å². The van der Waals surface area contributed by atoms with E-state index in [2.05, 4.69) is 10.3 Å². The lowest BCUT2D eigenvalue weighted by atomic mass is 10.1. The lowest BCUT2D eigenvalue weighted by molar-refractivity contribution is 0.0601. The maximum Gasteiger partial charge on any atom is 0.337 e. The normalized spacial score (nSPS) is 10.6. The van der Waals surface area contributed by atoms with Crippen LogP contribution >= 0.6 is 11.6 Å². The van der Waals surface area contributed by atoms with E-state index in [4.69, 9.17) is 21.3 Å². The summed E-state index contributed by atoms with van der Waals surface area (Å²) >= 11 is 5.99. The lowest BCUT2D eigenvalue weighted by Crippen LogP contribution is -2.03. The van der Waals surface area contributed by atoms with E-state index in [-0.39, 0.29) is 0 Å². The molecule has 0 fully saturated rings. The lowest BCUT2D eigenvalue weighted by Gasteiger charge is -2.12. The number of methoxy groups -OCH3 is 1. The second-order valence-corrected chi connectivity index (χ2v) is 6.55. The van der Waals surface area contributed by atoms with Gasteiger partial charge in [-0.3, -0.25) is 0 Å². The van der Waals surface area contributed by atoms with Gasteiger partial charge in [0.15, 0.2) is 5.82 Å². The Labute approximate surface area is 167 Å². The summed E-state index contributed by atoms with van der Waals surface area (Å²) in [5, 5.41) is 4.84. The van der Waals surface area contributed by atoms with Gasteiger partial charge in [0, 0.05) is 21.7 Å². The molecule has 138 valence electrons. The van der Waals surface area contributed by atoms with E-state index in [0.29, 0.717) is 22.2 Å². The molecule has 1 aromatic heterocycles. The van der Waals surface area contributed by atoms with Crippen molar-refractivity contribution in [2.45, 2.75) is 0 Å². The molecule has 0 unspecified atom stereocenters. The van der Waals surface area contributed by atoms with E-state index >= 15 is 0 Å². The Kier molecular flexibility index (Phi) is 4.91. The molecule has 0 saturated heterocycles. The zero-order chi connectivity index (χ0) is 19.5. The summed E-state index contributed by atoms with van der Waals surface area (Å²) in [7, 11) is 1.36. The van der Waals surface area contributed by atoms with Crippen LogP contribution in [0.15, 0.2) is 72.8 Å². The molecule has 5 nitrogen and oxygen atoms in total. The summed E-state index contributed by atoms with van der Waals surface area (Å²) < 4.78 is 4.80. The van der Waals surface area contributed by atoms with Crippen LogP contribution in [0.1, 0.15) is 10.4 Å². The highest BCUT2D eigenvalue weighted by Gasteiger charge is 2.11. The Morgan fingerprint density at radius 2 is 1.75 bits per heavy atom. The molecule has 0 amide bonds. The van der Waals surface area contributed by atoms with Crippen LogP contribution in [0.3, 0.4) is 0 Å². The fourth-order valence-electron chi connectivity index (χ4n) is 2.88. The maximum atomic E-state index is 11.8. The number of nitrogens with one attached hydrogen (secondary N) is 1. The van der Waals surface area contributed by atoms with Crippen molar-refractivity contribution in [3.05, 3.63) is 83.4 Å². The smallest absolute Gasteiger partial charge is 0.337 e. The summed E-state index contributed by atoms with van der Waals surface area (Å²) in [6.45, 7) is 0. The number of anilines is 2. The van der Waals surface area contributed by atoms with Gasteiger partial charge < -0.3 is 10.1 Å². The van der Waals surface area contributed by atoms with Gasteiger partial charge in [-0.15, -0.1) is 0 Å². The number of carbonyl (C=O) groups excluding carboxylic acids is 1. The first kappa shape index (κ1) is 17.9. The van der Waals surface area contributed by atoms with Crippen molar-refractivity contribution in [3.8, 4) is 11.4 Å².